The van der Waals surface area contributed by atoms with Crippen molar-refractivity contribution >= 4 is 34.5 Å². The zero-order valence-corrected chi connectivity index (χ0v) is 12.7. The van der Waals surface area contributed by atoms with Gasteiger partial charge in [-0.25, -0.2) is 4.98 Å². The van der Waals surface area contributed by atoms with Crippen molar-refractivity contribution in [1.82, 2.24) is 9.97 Å². The number of hydrogen-bond donors (Lipinski definition) is 3. The zero-order chi connectivity index (χ0) is 15.8. The number of hydrogen-bond acceptors (Lipinski definition) is 6. The molecule has 118 valence electrons. The van der Waals surface area contributed by atoms with Gasteiger partial charge in [-0.15, -0.1) is 0 Å². The lowest BCUT2D eigenvalue weighted by molar-refractivity contribution is 0.171. The van der Waals surface area contributed by atoms with Crippen LogP contribution in [0.25, 0.3) is 16.5 Å². The predicted molar refractivity (Wildman–Crippen MR) is 92.6 cm³/mol. The molecule has 0 bridgehead atoms. The number of nitrogen functional groups attached to an aromatic ring is 1. The van der Waals surface area contributed by atoms with Gasteiger partial charge >= 0.3 is 0 Å². The SMILES string of the molecule is Nc1nc(N[C@H]2CCC[C@H]2O)c2ccc(C3=CC=NC3)cc2n1. The van der Waals surface area contributed by atoms with Gasteiger partial charge in [0.1, 0.15) is 5.82 Å². The van der Waals surface area contributed by atoms with Crippen molar-refractivity contribution in [2.75, 3.05) is 17.6 Å². The van der Waals surface area contributed by atoms with Gasteiger partial charge in [0.15, 0.2) is 0 Å². The van der Waals surface area contributed by atoms with Gasteiger partial charge in [0.05, 0.1) is 24.2 Å². The molecule has 6 nitrogen and oxygen atoms in total. The Labute approximate surface area is 134 Å². The fraction of sp³-hybridized carbons (Fsp3) is 0.353. The third-order valence-electron chi connectivity index (χ3n) is 4.53. The largest absolute Gasteiger partial charge is 0.391 e. The minimum Gasteiger partial charge on any atom is -0.391 e. The van der Waals surface area contributed by atoms with Crippen LogP contribution in [0.3, 0.4) is 0 Å². The molecule has 23 heavy (non-hydrogen) atoms. The standard InChI is InChI=1S/C17H19N5O/c18-17-21-14-8-10(11-6-7-19-9-11)4-5-12(14)16(22-17)20-13-2-1-3-15(13)23/h4-8,13,15,23H,1-3,9H2,(H3,18,20,21,22)/t13-,15+/m0/s1. The number of rotatable bonds is 3. The number of benzene rings is 1. The monoisotopic (exact) mass is 309 g/mol. The van der Waals surface area contributed by atoms with Crippen LogP contribution in [-0.4, -0.2) is 40.0 Å². The second kappa shape index (κ2) is 5.62. The van der Waals surface area contributed by atoms with Gasteiger partial charge in [-0.1, -0.05) is 6.07 Å². The van der Waals surface area contributed by atoms with E-state index in [0.29, 0.717) is 12.4 Å². The maximum Gasteiger partial charge on any atom is 0.222 e. The topological polar surface area (TPSA) is 96.4 Å². The van der Waals surface area contributed by atoms with Crippen LogP contribution >= 0.6 is 0 Å². The van der Waals surface area contributed by atoms with Gasteiger partial charge in [-0.3, -0.25) is 4.99 Å². The molecule has 0 spiro atoms. The number of nitrogens with zero attached hydrogens (tertiary/aromatic N) is 3. The summed E-state index contributed by atoms with van der Waals surface area (Å²) in [5.41, 5.74) is 8.94. The zero-order valence-electron chi connectivity index (χ0n) is 12.7. The van der Waals surface area contributed by atoms with Crippen LogP contribution in [0.1, 0.15) is 24.8 Å². The number of nitrogens with one attached hydrogen (secondary N) is 1. The lowest BCUT2D eigenvalue weighted by atomic mass is 10.0. The van der Waals surface area contributed by atoms with E-state index in [0.717, 1.165) is 35.7 Å². The van der Waals surface area contributed by atoms with Gasteiger partial charge in [0.25, 0.3) is 0 Å². The number of fused-ring (bicyclic) bond motifs is 1. The summed E-state index contributed by atoms with van der Waals surface area (Å²) >= 11 is 0. The van der Waals surface area contributed by atoms with Crippen molar-refractivity contribution in [3.05, 3.63) is 29.8 Å². The predicted octanol–water partition coefficient (Wildman–Crippen LogP) is 2.01. The van der Waals surface area contributed by atoms with Gasteiger partial charge in [0.2, 0.25) is 5.95 Å². The van der Waals surface area contributed by atoms with Crippen LogP contribution in [0.2, 0.25) is 0 Å². The first kappa shape index (κ1) is 14.1. The summed E-state index contributed by atoms with van der Waals surface area (Å²) in [5.74, 6) is 0.933. The molecule has 1 fully saturated rings. The average molecular weight is 309 g/mol. The normalized spacial score (nSPS) is 23.4. The lowest BCUT2D eigenvalue weighted by Crippen LogP contribution is -2.28. The lowest BCUT2D eigenvalue weighted by Gasteiger charge is -2.18. The van der Waals surface area contributed by atoms with Gasteiger partial charge in [0, 0.05) is 11.6 Å². The minimum absolute atomic E-state index is 0.0260. The summed E-state index contributed by atoms with van der Waals surface area (Å²) in [6.07, 6.45) is 6.29. The molecule has 1 saturated carbocycles. The van der Waals surface area contributed by atoms with Crippen molar-refractivity contribution in [3.8, 4) is 0 Å². The van der Waals surface area contributed by atoms with Crippen LogP contribution < -0.4 is 11.1 Å². The Morgan fingerprint density at radius 2 is 2.13 bits per heavy atom. The number of allylic oxidation sites excluding steroid dienone is 1. The Morgan fingerprint density at radius 1 is 1.22 bits per heavy atom. The Kier molecular flexibility index (Phi) is 3.46. The number of aliphatic imine (C=N–C) groups is 1. The highest BCUT2D eigenvalue weighted by Crippen LogP contribution is 2.29. The van der Waals surface area contributed by atoms with Crippen molar-refractivity contribution < 1.29 is 5.11 Å². The van der Waals surface area contributed by atoms with Crippen LogP contribution in [-0.2, 0) is 0 Å². The molecule has 0 saturated heterocycles. The molecule has 1 aromatic heterocycles. The highest BCUT2D eigenvalue weighted by atomic mass is 16.3. The third-order valence-corrected chi connectivity index (χ3v) is 4.53. The Balaban J connectivity index is 1.73. The molecule has 2 atom stereocenters. The summed E-state index contributed by atoms with van der Waals surface area (Å²) in [5, 5.41) is 14.3. The number of aliphatic hydroxyl groups is 1. The first-order valence-corrected chi connectivity index (χ1v) is 7.92. The molecule has 0 amide bonds. The molecule has 1 aliphatic heterocycles. The summed E-state index contributed by atoms with van der Waals surface area (Å²) < 4.78 is 0. The van der Waals surface area contributed by atoms with Gasteiger partial charge in [-0.2, -0.15) is 4.98 Å². The fourth-order valence-electron chi connectivity index (χ4n) is 3.28. The second-order valence-electron chi connectivity index (χ2n) is 6.09. The fourth-order valence-corrected chi connectivity index (χ4v) is 3.28. The Hall–Kier alpha value is -2.47. The van der Waals surface area contributed by atoms with E-state index in [1.807, 2.05) is 24.4 Å². The average Bonchev–Trinajstić information content (AvgIpc) is 3.19. The summed E-state index contributed by atoms with van der Waals surface area (Å²) in [4.78, 5) is 12.9. The van der Waals surface area contributed by atoms with E-state index in [9.17, 15) is 5.11 Å². The highest BCUT2D eigenvalue weighted by Gasteiger charge is 2.26. The molecule has 0 radical (unpaired) electrons. The minimum atomic E-state index is -0.332. The van der Waals surface area contributed by atoms with Crippen molar-refractivity contribution in [2.24, 2.45) is 4.99 Å². The van der Waals surface area contributed by atoms with E-state index < -0.39 is 0 Å². The number of anilines is 2. The summed E-state index contributed by atoms with van der Waals surface area (Å²) in [6.45, 7) is 0.700. The van der Waals surface area contributed by atoms with E-state index in [1.165, 1.54) is 5.57 Å². The van der Waals surface area contributed by atoms with E-state index in [4.69, 9.17) is 5.73 Å². The number of nitrogens with two attached hydrogens (primary N) is 1. The Morgan fingerprint density at radius 3 is 2.87 bits per heavy atom. The first-order valence-electron chi connectivity index (χ1n) is 7.92. The molecule has 6 heteroatoms. The van der Waals surface area contributed by atoms with Crippen molar-refractivity contribution in [3.63, 3.8) is 0 Å². The molecule has 2 aliphatic rings. The quantitative estimate of drug-likeness (QED) is 0.806. The van der Waals surface area contributed by atoms with E-state index in [1.54, 1.807) is 0 Å². The summed E-state index contributed by atoms with van der Waals surface area (Å²) in [6, 6.07) is 6.11. The maximum atomic E-state index is 10.0. The van der Waals surface area contributed by atoms with E-state index >= 15 is 0 Å². The van der Waals surface area contributed by atoms with Crippen LogP contribution in [0.15, 0.2) is 29.3 Å². The Bertz CT molecular complexity index is 814. The number of aromatic nitrogens is 2. The van der Waals surface area contributed by atoms with Crippen LogP contribution in [0.5, 0.6) is 0 Å². The third kappa shape index (κ3) is 2.66. The molecule has 4 rings (SSSR count). The molecule has 4 N–H and O–H groups in total. The van der Waals surface area contributed by atoms with Crippen molar-refractivity contribution in [1.29, 1.82) is 0 Å². The molecule has 0 unspecified atom stereocenters. The first-order chi connectivity index (χ1) is 11.2. The van der Waals surface area contributed by atoms with Gasteiger partial charge in [-0.05, 0) is 48.6 Å². The molecule has 2 heterocycles. The molecule has 1 aromatic carbocycles. The smallest absolute Gasteiger partial charge is 0.222 e. The van der Waals surface area contributed by atoms with E-state index in [2.05, 4.69) is 26.3 Å². The van der Waals surface area contributed by atoms with Crippen LogP contribution in [0.4, 0.5) is 11.8 Å². The second-order valence-corrected chi connectivity index (χ2v) is 6.09. The molecular formula is C17H19N5O. The number of aliphatic hydroxyl groups excluding tert-OH is 1. The van der Waals surface area contributed by atoms with Crippen molar-refractivity contribution in [2.45, 2.75) is 31.4 Å². The highest BCUT2D eigenvalue weighted by molar-refractivity contribution is 5.95. The van der Waals surface area contributed by atoms with Crippen LogP contribution in [0, 0.1) is 0 Å². The molecule has 1 aliphatic carbocycles. The molecule has 2 aromatic rings. The summed E-state index contributed by atoms with van der Waals surface area (Å²) in [7, 11) is 0. The maximum absolute atomic E-state index is 10.0. The van der Waals surface area contributed by atoms with E-state index in [-0.39, 0.29) is 18.1 Å². The molecular weight excluding hydrogens is 290 g/mol. The van der Waals surface area contributed by atoms with Gasteiger partial charge < -0.3 is 16.2 Å².